The molecule has 5 heteroatoms. The summed E-state index contributed by atoms with van der Waals surface area (Å²) in [5.74, 6) is 1.63. The molecule has 0 aliphatic carbocycles. The summed E-state index contributed by atoms with van der Waals surface area (Å²) in [6.07, 6.45) is 0.210. The van der Waals surface area contributed by atoms with Crippen molar-refractivity contribution in [1.82, 2.24) is 0 Å². The van der Waals surface area contributed by atoms with Gasteiger partial charge in [-0.05, 0) is 6.92 Å². The van der Waals surface area contributed by atoms with Gasteiger partial charge < -0.3 is 14.2 Å². The smallest absolute Gasteiger partial charge is 0.166 e. The molecule has 17 heavy (non-hydrogen) atoms. The average molecular weight is 257 g/mol. The number of benzene rings is 1. The predicted molar refractivity (Wildman–Crippen MR) is 63.4 cm³/mol. The van der Waals surface area contributed by atoms with Crippen LogP contribution in [0.4, 0.5) is 0 Å². The van der Waals surface area contributed by atoms with Gasteiger partial charge in [-0.25, -0.2) is 0 Å². The summed E-state index contributed by atoms with van der Waals surface area (Å²) in [5.41, 5.74) is 0.633. The molecule has 1 aliphatic rings. The van der Waals surface area contributed by atoms with Crippen molar-refractivity contribution in [3.05, 3.63) is 16.7 Å². The van der Waals surface area contributed by atoms with Gasteiger partial charge in [0.1, 0.15) is 24.7 Å². The minimum Gasteiger partial charge on any atom is -0.495 e. The standard InChI is InChI=1S/C12H13ClO4/c1-7(14)5-8-11(13)9(15-2)6-10-12(8)17-4-3-16-10/h6H,3-5H2,1-2H3. The van der Waals surface area contributed by atoms with Gasteiger partial charge in [-0.3, -0.25) is 4.79 Å². The highest BCUT2D eigenvalue weighted by Gasteiger charge is 2.23. The van der Waals surface area contributed by atoms with Crippen molar-refractivity contribution >= 4 is 17.4 Å². The Morgan fingerprint density at radius 1 is 1.47 bits per heavy atom. The van der Waals surface area contributed by atoms with Gasteiger partial charge in [0.25, 0.3) is 0 Å². The Morgan fingerprint density at radius 2 is 2.18 bits per heavy atom. The van der Waals surface area contributed by atoms with Crippen LogP contribution in [0, 0.1) is 0 Å². The van der Waals surface area contributed by atoms with Gasteiger partial charge in [-0.15, -0.1) is 0 Å². The summed E-state index contributed by atoms with van der Waals surface area (Å²) in [5, 5.41) is 0.409. The zero-order valence-corrected chi connectivity index (χ0v) is 10.5. The van der Waals surface area contributed by atoms with Gasteiger partial charge in [-0.1, -0.05) is 11.6 Å². The highest BCUT2D eigenvalue weighted by atomic mass is 35.5. The van der Waals surface area contributed by atoms with E-state index in [9.17, 15) is 4.79 Å². The van der Waals surface area contributed by atoms with Gasteiger partial charge >= 0.3 is 0 Å². The Bertz CT molecular complexity index is 456. The monoisotopic (exact) mass is 256 g/mol. The number of methoxy groups -OCH3 is 1. The SMILES string of the molecule is COc1cc2c(c(CC(C)=O)c1Cl)OCCO2. The maximum atomic E-state index is 11.3. The molecule has 2 rings (SSSR count). The lowest BCUT2D eigenvalue weighted by Crippen LogP contribution is -2.17. The van der Waals surface area contributed by atoms with Crippen LogP contribution in [-0.4, -0.2) is 26.1 Å². The topological polar surface area (TPSA) is 44.8 Å². The third-order valence-electron chi connectivity index (χ3n) is 2.47. The fourth-order valence-corrected chi connectivity index (χ4v) is 2.05. The van der Waals surface area contributed by atoms with Crippen LogP contribution in [-0.2, 0) is 11.2 Å². The van der Waals surface area contributed by atoms with Crippen LogP contribution in [0.15, 0.2) is 6.07 Å². The van der Waals surface area contributed by atoms with E-state index in [1.807, 2.05) is 0 Å². The van der Waals surface area contributed by atoms with Crippen molar-refractivity contribution in [3.8, 4) is 17.2 Å². The van der Waals surface area contributed by atoms with E-state index >= 15 is 0 Å². The van der Waals surface area contributed by atoms with Gasteiger partial charge in [-0.2, -0.15) is 0 Å². The molecule has 1 heterocycles. The molecule has 1 aromatic carbocycles. The number of carbonyl (C=O) groups excluding carboxylic acids is 1. The third kappa shape index (κ3) is 2.31. The molecule has 0 amide bonds. The molecule has 0 saturated heterocycles. The summed E-state index contributed by atoms with van der Waals surface area (Å²) in [7, 11) is 1.52. The van der Waals surface area contributed by atoms with E-state index in [1.54, 1.807) is 6.07 Å². The van der Waals surface area contributed by atoms with Crippen molar-refractivity contribution < 1.29 is 19.0 Å². The van der Waals surface area contributed by atoms with Crippen LogP contribution in [0.3, 0.4) is 0 Å². The molecule has 0 spiro atoms. The number of hydrogen-bond donors (Lipinski definition) is 0. The minimum absolute atomic E-state index is 0.0107. The maximum absolute atomic E-state index is 11.3. The maximum Gasteiger partial charge on any atom is 0.166 e. The average Bonchev–Trinajstić information content (AvgIpc) is 2.32. The van der Waals surface area contributed by atoms with Crippen molar-refractivity contribution in [2.75, 3.05) is 20.3 Å². The molecule has 0 atom stereocenters. The van der Waals surface area contributed by atoms with E-state index in [2.05, 4.69) is 0 Å². The fourth-order valence-electron chi connectivity index (χ4n) is 1.76. The highest BCUT2D eigenvalue weighted by molar-refractivity contribution is 6.33. The molecule has 0 fully saturated rings. The molecule has 0 unspecified atom stereocenters. The van der Waals surface area contributed by atoms with Crippen molar-refractivity contribution in [2.45, 2.75) is 13.3 Å². The molecule has 0 saturated carbocycles. The summed E-state index contributed by atoms with van der Waals surface area (Å²) in [6.45, 7) is 2.45. The largest absolute Gasteiger partial charge is 0.495 e. The van der Waals surface area contributed by atoms with Crippen molar-refractivity contribution in [3.63, 3.8) is 0 Å². The first-order chi connectivity index (χ1) is 8.13. The molecule has 4 nitrogen and oxygen atoms in total. The van der Waals surface area contributed by atoms with Gasteiger partial charge in [0.05, 0.1) is 12.1 Å². The summed E-state index contributed by atoms with van der Waals surface area (Å²) in [6, 6.07) is 1.68. The lowest BCUT2D eigenvalue weighted by molar-refractivity contribution is -0.116. The molecule has 0 aromatic heterocycles. The lowest BCUT2D eigenvalue weighted by atomic mass is 10.1. The molecule has 0 N–H and O–H groups in total. The first-order valence-corrected chi connectivity index (χ1v) is 5.65. The highest BCUT2D eigenvalue weighted by Crippen LogP contribution is 2.44. The first-order valence-electron chi connectivity index (χ1n) is 5.28. The minimum atomic E-state index is 0.0107. The number of ketones is 1. The van der Waals surface area contributed by atoms with E-state index in [0.717, 1.165) is 0 Å². The predicted octanol–water partition coefficient (Wildman–Crippen LogP) is 2.25. The molecule has 0 bridgehead atoms. The molecule has 92 valence electrons. The molecule has 1 aliphatic heterocycles. The second kappa shape index (κ2) is 4.84. The van der Waals surface area contributed by atoms with Crippen LogP contribution < -0.4 is 14.2 Å². The van der Waals surface area contributed by atoms with E-state index in [-0.39, 0.29) is 12.2 Å². The number of rotatable bonds is 3. The molecule has 0 radical (unpaired) electrons. The zero-order valence-electron chi connectivity index (χ0n) is 9.71. The Hall–Kier alpha value is -1.42. The van der Waals surface area contributed by atoms with Crippen LogP contribution >= 0.6 is 11.6 Å². The normalized spacial score (nSPS) is 13.4. The summed E-state index contributed by atoms with van der Waals surface area (Å²) < 4.78 is 16.1. The van der Waals surface area contributed by atoms with E-state index in [4.69, 9.17) is 25.8 Å². The molecule has 1 aromatic rings. The number of carbonyl (C=O) groups is 1. The Morgan fingerprint density at radius 3 is 2.82 bits per heavy atom. The number of fused-ring (bicyclic) bond motifs is 1. The van der Waals surface area contributed by atoms with Crippen LogP contribution in [0.1, 0.15) is 12.5 Å². The second-order valence-electron chi connectivity index (χ2n) is 3.77. The van der Waals surface area contributed by atoms with E-state index in [0.29, 0.717) is 41.0 Å². The van der Waals surface area contributed by atoms with Gasteiger partial charge in [0.2, 0.25) is 0 Å². The third-order valence-corrected chi connectivity index (χ3v) is 2.89. The number of Topliss-reactive ketones (excluding diaryl/α,β-unsaturated/α-hetero) is 1. The van der Waals surface area contributed by atoms with Gasteiger partial charge in [0.15, 0.2) is 11.5 Å². The second-order valence-corrected chi connectivity index (χ2v) is 4.15. The van der Waals surface area contributed by atoms with Gasteiger partial charge in [0, 0.05) is 18.1 Å². The van der Waals surface area contributed by atoms with Crippen LogP contribution in [0.2, 0.25) is 5.02 Å². The quantitative estimate of drug-likeness (QED) is 0.832. The Balaban J connectivity index is 2.55. The number of ether oxygens (including phenoxy) is 3. The molecular weight excluding hydrogens is 244 g/mol. The number of hydrogen-bond acceptors (Lipinski definition) is 4. The molecular formula is C12H13ClO4. The Kier molecular flexibility index (Phi) is 3.43. The zero-order chi connectivity index (χ0) is 12.4. The van der Waals surface area contributed by atoms with E-state index < -0.39 is 0 Å². The van der Waals surface area contributed by atoms with E-state index in [1.165, 1.54) is 14.0 Å². The van der Waals surface area contributed by atoms with Crippen LogP contribution in [0.5, 0.6) is 17.2 Å². The summed E-state index contributed by atoms with van der Waals surface area (Å²) in [4.78, 5) is 11.3. The van der Waals surface area contributed by atoms with Crippen molar-refractivity contribution in [1.29, 1.82) is 0 Å². The first kappa shape index (κ1) is 12.0. The fraction of sp³-hybridized carbons (Fsp3) is 0.417. The Labute approximate surface area is 104 Å². The van der Waals surface area contributed by atoms with Crippen molar-refractivity contribution in [2.24, 2.45) is 0 Å². The lowest BCUT2D eigenvalue weighted by Gasteiger charge is -2.22. The summed E-state index contributed by atoms with van der Waals surface area (Å²) >= 11 is 6.18. The number of halogens is 1. The van der Waals surface area contributed by atoms with Crippen LogP contribution in [0.25, 0.3) is 0 Å².